The van der Waals surface area contributed by atoms with E-state index in [1.54, 1.807) is 11.0 Å². The Kier molecular flexibility index (Phi) is 6.01. The van der Waals surface area contributed by atoms with Crippen LogP contribution in [0.4, 0.5) is 5.69 Å². The van der Waals surface area contributed by atoms with Crippen molar-refractivity contribution in [1.82, 2.24) is 4.90 Å². The zero-order valence-electron chi connectivity index (χ0n) is 17.6. The number of hydrogen-bond donors (Lipinski definition) is 0. The summed E-state index contributed by atoms with van der Waals surface area (Å²) in [7, 11) is -3.71. The molecule has 2 atom stereocenters. The summed E-state index contributed by atoms with van der Waals surface area (Å²) in [5.74, 6) is 0.586. The van der Waals surface area contributed by atoms with Gasteiger partial charge in [-0.25, -0.2) is 8.42 Å². The molecule has 1 aromatic rings. The Morgan fingerprint density at radius 3 is 2.43 bits per heavy atom. The maximum atomic E-state index is 13.3. The molecule has 1 saturated carbocycles. The van der Waals surface area contributed by atoms with Crippen molar-refractivity contribution in [2.45, 2.75) is 50.8 Å². The van der Waals surface area contributed by atoms with Gasteiger partial charge >= 0.3 is 0 Å². The minimum atomic E-state index is -3.71. The minimum absolute atomic E-state index is 0.0276. The average molecular weight is 497 g/mol. The lowest BCUT2D eigenvalue weighted by Gasteiger charge is -2.35. The number of nitrogens with zero attached hydrogens (tertiary/aromatic N) is 2. The first-order valence-electron chi connectivity index (χ1n) is 10.8. The number of rotatable bonds is 5. The molecule has 0 radical (unpaired) electrons. The number of carbonyl (C=O) groups is 2. The van der Waals surface area contributed by atoms with Crippen LogP contribution in [0.2, 0.25) is 0 Å². The highest BCUT2D eigenvalue weighted by atomic mass is 79.9. The summed E-state index contributed by atoms with van der Waals surface area (Å²) in [4.78, 5) is 29.1. The first-order valence-corrected chi connectivity index (χ1v) is 13.2. The van der Waals surface area contributed by atoms with Gasteiger partial charge in [-0.15, -0.1) is 0 Å². The second-order valence-corrected chi connectivity index (χ2v) is 12.2. The van der Waals surface area contributed by atoms with Gasteiger partial charge in [-0.3, -0.25) is 9.59 Å². The van der Waals surface area contributed by atoms with E-state index in [2.05, 4.69) is 29.8 Å². The van der Waals surface area contributed by atoms with Gasteiger partial charge in [0, 0.05) is 36.4 Å². The van der Waals surface area contributed by atoms with Gasteiger partial charge in [0.05, 0.1) is 16.3 Å². The number of fused-ring (bicyclic) bond motifs is 1. The van der Waals surface area contributed by atoms with Crippen molar-refractivity contribution < 1.29 is 18.0 Å². The first kappa shape index (κ1) is 21.8. The molecule has 2 heterocycles. The number of benzene rings is 1. The molecule has 6 nitrogen and oxygen atoms in total. The maximum absolute atomic E-state index is 13.3. The number of likely N-dealkylation sites (tertiary alicyclic amines) is 1. The van der Waals surface area contributed by atoms with Gasteiger partial charge in [-0.05, 0) is 55.2 Å². The van der Waals surface area contributed by atoms with Gasteiger partial charge < -0.3 is 9.80 Å². The van der Waals surface area contributed by atoms with Crippen molar-refractivity contribution in [3.63, 3.8) is 0 Å². The molecule has 2 amide bonds. The summed E-state index contributed by atoms with van der Waals surface area (Å²) in [6.45, 7) is 6.16. The Hall–Kier alpha value is -1.41. The van der Waals surface area contributed by atoms with Crippen LogP contribution in [0.15, 0.2) is 21.5 Å². The summed E-state index contributed by atoms with van der Waals surface area (Å²) in [5, 5.41) is 0. The number of piperidine rings is 1. The van der Waals surface area contributed by atoms with Crippen molar-refractivity contribution in [2.75, 3.05) is 30.3 Å². The van der Waals surface area contributed by atoms with E-state index in [4.69, 9.17) is 0 Å². The molecular formula is C22H29BrN2O4S. The van der Waals surface area contributed by atoms with E-state index < -0.39 is 9.84 Å². The van der Waals surface area contributed by atoms with Crippen LogP contribution < -0.4 is 4.90 Å². The predicted molar refractivity (Wildman–Crippen MR) is 119 cm³/mol. The smallest absolute Gasteiger partial charge is 0.230 e. The van der Waals surface area contributed by atoms with Gasteiger partial charge in [0.15, 0.2) is 9.84 Å². The van der Waals surface area contributed by atoms with Crippen LogP contribution in [-0.4, -0.2) is 50.5 Å². The van der Waals surface area contributed by atoms with Gasteiger partial charge in [0.2, 0.25) is 11.8 Å². The van der Waals surface area contributed by atoms with Crippen molar-refractivity contribution in [3.8, 4) is 0 Å². The fraction of sp³-hybridized carbons (Fsp3) is 0.636. The summed E-state index contributed by atoms with van der Waals surface area (Å²) in [5.41, 5.74) is 1.41. The highest BCUT2D eigenvalue weighted by molar-refractivity contribution is 9.10. The van der Waals surface area contributed by atoms with Crippen LogP contribution in [0.3, 0.4) is 0 Å². The Bertz CT molecular complexity index is 964. The van der Waals surface area contributed by atoms with Gasteiger partial charge in [0.1, 0.15) is 0 Å². The Morgan fingerprint density at radius 2 is 1.80 bits per heavy atom. The minimum Gasteiger partial charge on any atom is -0.342 e. The van der Waals surface area contributed by atoms with Crippen molar-refractivity contribution in [2.24, 2.45) is 17.8 Å². The van der Waals surface area contributed by atoms with Crippen LogP contribution in [-0.2, 0) is 25.8 Å². The van der Waals surface area contributed by atoms with Crippen LogP contribution >= 0.6 is 15.9 Å². The standard InChI is InChI=1S/C22H29BrN2O4S/c1-14-9-15(2)13-24(12-14)20(26)6-8-30(28,29)19-11-18(23)10-17-5-7-25(21(17)19)22(27)16-3-4-16/h10-11,14-16H,3-9,12-13H2,1-2H3/t14-,15-/m1/s1. The van der Waals surface area contributed by atoms with Crippen molar-refractivity contribution >= 4 is 43.3 Å². The van der Waals surface area contributed by atoms with E-state index >= 15 is 0 Å². The van der Waals surface area contributed by atoms with Gasteiger partial charge in [-0.2, -0.15) is 0 Å². The fourth-order valence-electron chi connectivity index (χ4n) is 4.83. The molecule has 0 N–H and O–H groups in total. The maximum Gasteiger partial charge on any atom is 0.230 e. The van der Waals surface area contributed by atoms with E-state index in [0.717, 1.165) is 24.8 Å². The monoisotopic (exact) mass is 496 g/mol. The molecule has 8 heteroatoms. The SMILES string of the molecule is C[C@@H]1C[C@@H](C)CN(C(=O)CCS(=O)(=O)c2cc(Br)cc3c2N(C(=O)C2CC2)CC3)C1. The summed E-state index contributed by atoms with van der Waals surface area (Å²) < 4.78 is 27.3. The van der Waals surface area contributed by atoms with Crippen molar-refractivity contribution in [3.05, 3.63) is 22.2 Å². The van der Waals surface area contributed by atoms with Crippen LogP contribution in [0.5, 0.6) is 0 Å². The molecule has 1 aromatic carbocycles. The lowest BCUT2D eigenvalue weighted by Crippen LogP contribution is -2.43. The molecule has 1 aliphatic carbocycles. The van der Waals surface area contributed by atoms with E-state index in [-0.39, 0.29) is 34.8 Å². The number of anilines is 1. The summed E-state index contributed by atoms with van der Waals surface area (Å²) in [6, 6.07) is 3.48. The molecule has 0 aromatic heterocycles. The second kappa shape index (κ2) is 8.26. The number of carbonyl (C=O) groups excluding carboxylic acids is 2. The quantitative estimate of drug-likeness (QED) is 0.625. The van der Waals surface area contributed by atoms with E-state index in [1.165, 1.54) is 0 Å². The lowest BCUT2D eigenvalue weighted by atomic mass is 9.92. The third kappa shape index (κ3) is 4.44. The zero-order chi connectivity index (χ0) is 21.6. The molecule has 0 unspecified atom stereocenters. The highest BCUT2D eigenvalue weighted by Gasteiger charge is 2.39. The molecule has 0 bridgehead atoms. The topological polar surface area (TPSA) is 74.8 Å². The first-order chi connectivity index (χ1) is 14.2. The second-order valence-electron chi connectivity index (χ2n) is 9.24. The normalized spacial score (nSPS) is 24.1. The average Bonchev–Trinajstić information content (AvgIpc) is 3.44. The number of amides is 2. The van der Waals surface area contributed by atoms with Gasteiger partial charge in [0.25, 0.3) is 0 Å². The Balaban J connectivity index is 1.54. The Morgan fingerprint density at radius 1 is 1.13 bits per heavy atom. The molecule has 2 aliphatic heterocycles. The lowest BCUT2D eigenvalue weighted by molar-refractivity contribution is -0.133. The van der Waals surface area contributed by atoms with Gasteiger partial charge in [-0.1, -0.05) is 29.8 Å². The molecule has 1 saturated heterocycles. The third-order valence-electron chi connectivity index (χ3n) is 6.33. The molecule has 0 spiro atoms. The zero-order valence-corrected chi connectivity index (χ0v) is 20.0. The molecule has 3 aliphatic rings. The van der Waals surface area contributed by atoms with Crippen molar-refractivity contribution in [1.29, 1.82) is 0 Å². The highest BCUT2D eigenvalue weighted by Crippen LogP contribution is 2.41. The van der Waals surface area contributed by atoms with E-state index in [1.807, 2.05) is 11.0 Å². The third-order valence-corrected chi connectivity index (χ3v) is 8.51. The molecular weight excluding hydrogens is 468 g/mol. The summed E-state index contributed by atoms with van der Waals surface area (Å²) >= 11 is 3.42. The Labute approximate surface area is 187 Å². The number of sulfone groups is 1. The van der Waals surface area contributed by atoms with E-state index in [9.17, 15) is 18.0 Å². The van der Waals surface area contributed by atoms with E-state index in [0.29, 0.717) is 48.1 Å². The molecule has 30 heavy (non-hydrogen) atoms. The summed E-state index contributed by atoms with van der Waals surface area (Å²) in [6.07, 6.45) is 3.48. The van der Waals surface area contributed by atoms with Crippen LogP contribution in [0.25, 0.3) is 0 Å². The predicted octanol–water partition coefficient (Wildman–Crippen LogP) is 3.42. The van der Waals surface area contributed by atoms with Crippen LogP contribution in [0, 0.1) is 17.8 Å². The number of halogens is 1. The molecule has 2 fully saturated rings. The number of hydrogen-bond acceptors (Lipinski definition) is 4. The molecule has 4 rings (SSSR count). The molecule has 164 valence electrons. The largest absolute Gasteiger partial charge is 0.342 e. The fourth-order valence-corrected chi connectivity index (χ4v) is 7.00. The van der Waals surface area contributed by atoms with Crippen LogP contribution in [0.1, 0.15) is 45.1 Å².